The lowest BCUT2D eigenvalue weighted by molar-refractivity contribution is 0.0951. The summed E-state index contributed by atoms with van der Waals surface area (Å²) in [6, 6.07) is 15.1. The fraction of sp³-hybridized carbons (Fsp3) is 0.143. The predicted octanol–water partition coefficient (Wildman–Crippen LogP) is 3.43. The van der Waals surface area contributed by atoms with Crippen molar-refractivity contribution in [1.29, 1.82) is 0 Å². The first kappa shape index (κ1) is 19.6. The van der Waals surface area contributed by atoms with Crippen molar-refractivity contribution in [3.05, 3.63) is 89.2 Å². The Bertz CT molecular complexity index is 1080. The van der Waals surface area contributed by atoms with Crippen LogP contribution in [0.2, 0.25) is 0 Å². The molecule has 0 fully saturated rings. The molecule has 0 bridgehead atoms. The Morgan fingerprint density at radius 3 is 2.46 bits per heavy atom. The highest BCUT2D eigenvalue weighted by Gasteiger charge is 2.16. The molecule has 0 aliphatic heterocycles. The van der Waals surface area contributed by atoms with Gasteiger partial charge in [0.1, 0.15) is 0 Å². The largest absolute Gasteiger partial charge is 0.348 e. The molecule has 28 heavy (non-hydrogen) atoms. The number of nitrogens with one attached hydrogen (secondary N) is 2. The summed E-state index contributed by atoms with van der Waals surface area (Å²) in [5.74, 6) is -0.282. The molecule has 0 unspecified atom stereocenters. The molecule has 6 nitrogen and oxygen atoms in total. The van der Waals surface area contributed by atoms with Crippen molar-refractivity contribution < 1.29 is 13.2 Å². The Balaban J connectivity index is 1.70. The second-order valence-corrected chi connectivity index (χ2v) is 8.17. The van der Waals surface area contributed by atoms with Crippen molar-refractivity contribution in [2.75, 3.05) is 4.72 Å². The molecule has 1 heterocycles. The molecule has 1 aromatic heterocycles. The third-order valence-electron chi connectivity index (χ3n) is 4.24. The molecule has 0 atom stereocenters. The summed E-state index contributed by atoms with van der Waals surface area (Å²) in [5, 5.41) is 2.78. The van der Waals surface area contributed by atoms with Crippen LogP contribution in [0.4, 0.5) is 5.69 Å². The summed E-state index contributed by atoms with van der Waals surface area (Å²) in [5.41, 5.74) is 3.60. The smallest absolute Gasteiger partial charge is 0.261 e. The Kier molecular flexibility index (Phi) is 5.75. The molecule has 7 heteroatoms. The molecule has 0 aliphatic carbocycles. The second-order valence-electron chi connectivity index (χ2n) is 6.49. The zero-order valence-electron chi connectivity index (χ0n) is 15.6. The van der Waals surface area contributed by atoms with E-state index in [1.54, 1.807) is 24.5 Å². The van der Waals surface area contributed by atoms with Crippen molar-refractivity contribution >= 4 is 21.6 Å². The van der Waals surface area contributed by atoms with Gasteiger partial charge in [0, 0.05) is 24.5 Å². The minimum Gasteiger partial charge on any atom is -0.348 e. The first-order valence-corrected chi connectivity index (χ1v) is 10.2. The van der Waals surface area contributed by atoms with E-state index in [9.17, 15) is 13.2 Å². The van der Waals surface area contributed by atoms with Gasteiger partial charge in [-0.1, -0.05) is 18.2 Å². The molecule has 0 saturated carbocycles. The van der Waals surface area contributed by atoms with E-state index < -0.39 is 10.0 Å². The first-order valence-electron chi connectivity index (χ1n) is 8.72. The van der Waals surface area contributed by atoms with Crippen LogP contribution in [-0.4, -0.2) is 19.3 Å². The van der Waals surface area contributed by atoms with Gasteiger partial charge in [-0.05, 0) is 66.9 Å². The molecule has 3 rings (SSSR count). The number of sulfonamides is 1. The molecule has 2 aromatic carbocycles. The van der Waals surface area contributed by atoms with E-state index in [2.05, 4.69) is 15.0 Å². The Labute approximate surface area is 164 Å². The van der Waals surface area contributed by atoms with Crippen LogP contribution in [0.3, 0.4) is 0 Å². The highest BCUT2D eigenvalue weighted by Crippen LogP contribution is 2.21. The first-order chi connectivity index (χ1) is 13.3. The summed E-state index contributed by atoms with van der Waals surface area (Å²) in [6.45, 7) is 4.09. The van der Waals surface area contributed by atoms with Gasteiger partial charge in [0.2, 0.25) is 0 Å². The molecule has 0 radical (unpaired) electrons. The monoisotopic (exact) mass is 395 g/mol. The fourth-order valence-electron chi connectivity index (χ4n) is 2.62. The topological polar surface area (TPSA) is 88.2 Å². The number of aryl methyl sites for hydroxylation is 2. The number of hydrogen-bond acceptors (Lipinski definition) is 4. The average molecular weight is 395 g/mol. The summed E-state index contributed by atoms with van der Waals surface area (Å²) >= 11 is 0. The molecular formula is C21H21N3O3S. The molecular weight excluding hydrogens is 374 g/mol. The van der Waals surface area contributed by atoms with Crippen LogP contribution in [0, 0.1) is 13.8 Å². The number of amides is 1. The van der Waals surface area contributed by atoms with E-state index in [-0.39, 0.29) is 10.8 Å². The van der Waals surface area contributed by atoms with E-state index in [0.717, 1.165) is 16.7 Å². The number of nitrogens with zero attached hydrogens (tertiary/aromatic N) is 1. The highest BCUT2D eigenvalue weighted by molar-refractivity contribution is 7.92. The molecule has 3 aromatic rings. The van der Waals surface area contributed by atoms with E-state index >= 15 is 0 Å². The van der Waals surface area contributed by atoms with E-state index in [1.807, 2.05) is 32.0 Å². The van der Waals surface area contributed by atoms with Gasteiger partial charge in [-0.25, -0.2) is 8.42 Å². The number of pyridine rings is 1. The summed E-state index contributed by atoms with van der Waals surface area (Å²) in [7, 11) is -3.74. The number of hydrogen-bond donors (Lipinski definition) is 2. The average Bonchev–Trinajstić information content (AvgIpc) is 2.69. The number of benzene rings is 2. The van der Waals surface area contributed by atoms with Gasteiger partial charge in [-0.2, -0.15) is 0 Å². The van der Waals surface area contributed by atoms with Crippen LogP contribution in [0.5, 0.6) is 0 Å². The zero-order chi connectivity index (χ0) is 20.1. The van der Waals surface area contributed by atoms with E-state index in [1.165, 1.54) is 24.3 Å². The fourth-order valence-corrected chi connectivity index (χ4v) is 3.74. The van der Waals surface area contributed by atoms with Gasteiger partial charge in [0.15, 0.2) is 0 Å². The van der Waals surface area contributed by atoms with Crippen molar-refractivity contribution in [3.63, 3.8) is 0 Å². The van der Waals surface area contributed by atoms with Crippen LogP contribution in [0.25, 0.3) is 0 Å². The predicted molar refractivity (Wildman–Crippen MR) is 109 cm³/mol. The van der Waals surface area contributed by atoms with Crippen molar-refractivity contribution in [2.24, 2.45) is 0 Å². The highest BCUT2D eigenvalue weighted by atomic mass is 32.2. The Hall–Kier alpha value is -3.19. The quantitative estimate of drug-likeness (QED) is 0.669. The maximum Gasteiger partial charge on any atom is 0.261 e. The maximum absolute atomic E-state index is 12.6. The molecule has 144 valence electrons. The van der Waals surface area contributed by atoms with Gasteiger partial charge in [0.05, 0.1) is 10.6 Å². The van der Waals surface area contributed by atoms with Crippen LogP contribution in [0.1, 0.15) is 27.0 Å². The van der Waals surface area contributed by atoms with E-state index in [4.69, 9.17) is 0 Å². The lowest BCUT2D eigenvalue weighted by atomic mass is 10.1. The zero-order valence-corrected chi connectivity index (χ0v) is 16.5. The third kappa shape index (κ3) is 4.75. The van der Waals surface area contributed by atoms with Crippen LogP contribution < -0.4 is 10.0 Å². The van der Waals surface area contributed by atoms with Crippen LogP contribution in [-0.2, 0) is 16.6 Å². The van der Waals surface area contributed by atoms with E-state index in [0.29, 0.717) is 17.8 Å². The SMILES string of the molecule is Cc1ccc(C)c(NS(=O)(=O)c2ccc(C(=O)NCc3cccnc3)cc2)c1. The summed E-state index contributed by atoms with van der Waals surface area (Å²) in [6.07, 6.45) is 3.34. The minimum atomic E-state index is -3.74. The lowest BCUT2D eigenvalue weighted by Crippen LogP contribution is -2.23. The lowest BCUT2D eigenvalue weighted by Gasteiger charge is -2.12. The molecule has 2 N–H and O–H groups in total. The molecule has 0 saturated heterocycles. The number of anilines is 1. The Morgan fingerprint density at radius 1 is 1.04 bits per heavy atom. The number of carbonyl (C=O) groups excluding carboxylic acids is 1. The van der Waals surface area contributed by atoms with Crippen molar-refractivity contribution in [1.82, 2.24) is 10.3 Å². The van der Waals surface area contributed by atoms with Crippen molar-refractivity contribution in [3.8, 4) is 0 Å². The standard InChI is InChI=1S/C21H21N3O3S/c1-15-5-6-16(2)20(12-15)24-28(26,27)19-9-7-18(8-10-19)21(25)23-14-17-4-3-11-22-13-17/h3-13,24H,14H2,1-2H3,(H,23,25). The van der Waals surface area contributed by atoms with Crippen LogP contribution >= 0.6 is 0 Å². The second kappa shape index (κ2) is 8.22. The molecule has 0 spiro atoms. The van der Waals surface area contributed by atoms with Gasteiger partial charge >= 0.3 is 0 Å². The Morgan fingerprint density at radius 2 is 1.79 bits per heavy atom. The molecule has 0 aliphatic rings. The minimum absolute atomic E-state index is 0.0946. The van der Waals surface area contributed by atoms with Gasteiger partial charge < -0.3 is 5.32 Å². The summed E-state index contributed by atoms with van der Waals surface area (Å²) < 4.78 is 27.9. The third-order valence-corrected chi connectivity index (χ3v) is 5.62. The number of rotatable bonds is 6. The van der Waals surface area contributed by atoms with Crippen molar-refractivity contribution in [2.45, 2.75) is 25.3 Å². The maximum atomic E-state index is 12.6. The summed E-state index contributed by atoms with van der Waals surface area (Å²) in [4.78, 5) is 16.3. The van der Waals surface area contributed by atoms with Crippen LogP contribution in [0.15, 0.2) is 71.9 Å². The van der Waals surface area contributed by atoms with Gasteiger partial charge in [-0.3, -0.25) is 14.5 Å². The molecule has 1 amide bonds. The number of carbonyl (C=O) groups is 1. The number of aromatic nitrogens is 1. The van der Waals surface area contributed by atoms with Gasteiger partial charge in [0.25, 0.3) is 15.9 Å². The van der Waals surface area contributed by atoms with Gasteiger partial charge in [-0.15, -0.1) is 0 Å². The normalized spacial score (nSPS) is 11.1.